The molecule has 1 aliphatic rings. The van der Waals surface area contributed by atoms with Crippen LogP contribution in [0.2, 0.25) is 0 Å². The van der Waals surface area contributed by atoms with Crippen LogP contribution in [0.4, 0.5) is 4.39 Å². The Morgan fingerprint density at radius 3 is 2.22 bits per heavy atom. The van der Waals surface area contributed by atoms with Crippen LogP contribution in [0.3, 0.4) is 0 Å². The molecule has 2 aromatic carbocycles. The van der Waals surface area contributed by atoms with Gasteiger partial charge >= 0.3 is 0 Å². The number of fused-ring (bicyclic) bond motifs is 1. The van der Waals surface area contributed by atoms with Crippen LogP contribution in [0.25, 0.3) is 11.1 Å². The van der Waals surface area contributed by atoms with Gasteiger partial charge in [0.15, 0.2) is 0 Å². The first-order valence-corrected chi connectivity index (χ1v) is 9.62. The van der Waals surface area contributed by atoms with Crippen molar-refractivity contribution in [3.05, 3.63) is 72.6 Å². The Labute approximate surface area is 145 Å². The minimum atomic E-state index is -0.216. The summed E-state index contributed by atoms with van der Waals surface area (Å²) in [6, 6.07) is 13.2. The molecule has 1 heterocycles. The lowest BCUT2D eigenvalue weighted by Crippen LogP contribution is -1.95. The zero-order valence-electron chi connectivity index (χ0n) is 13.0. The predicted octanol–water partition coefficient (Wildman–Crippen LogP) is 6.53. The summed E-state index contributed by atoms with van der Waals surface area (Å²) < 4.78 is 13.3. The molecule has 0 spiro atoms. The van der Waals surface area contributed by atoms with Crippen molar-refractivity contribution in [1.29, 1.82) is 0 Å². The minimum absolute atomic E-state index is 0.216. The van der Waals surface area contributed by atoms with Crippen molar-refractivity contribution in [3.63, 3.8) is 0 Å². The van der Waals surface area contributed by atoms with Gasteiger partial charge in [-0.2, -0.15) is 0 Å². The first kappa shape index (κ1) is 16.4. The molecule has 0 aliphatic carbocycles. The third-order valence-electron chi connectivity index (χ3n) is 3.91. The van der Waals surface area contributed by atoms with Crippen molar-refractivity contribution in [1.82, 2.24) is 0 Å². The van der Waals surface area contributed by atoms with Gasteiger partial charge in [0.25, 0.3) is 0 Å². The Kier molecular flexibility index (Phi) is 5.29. The smallest absolute Gasteiger partial charge is 0.123 e. The Balaban J connectivity index is 1.64. The second kappa shape index (κ2) is 7.41. The molecule has 0 fully saturated rings. The number of rotatable bonds is 5. The van der Waals surface area contributed by atoms with Crippen LogP contribution in [-0.2, 0) is 0 Å². The predicted molar refractivity (Wildman–Crippen MR) is 102 cm³/mol. The van der Waals surface area contributed by atoms with Crippen molar-refractivity contribution < 1.29 is 4.39 Å². The average Bonchev–Trinajstić information content (AvgIpc) is 2.59. The van der Waals surface area contributed by atoms with Gasteiger partial charge < -0.3 is 0 Å². The Hall–Kier alpha value is -1.45. The first-order chi connectivity index (χ1) is 11.1. The molecule has 0 saturated carbocycles. The number of benzene rings is 2. The van der Waals surface area contributed by atoms with Gasteiger partial charge in [-0.15, -0.1) is 23.5 Å². The fourth-order valence-corrected chi connectivity index (χ4v) is 4.81. The molecule has 0 saturated heterocycles. The highest BCUT2D eigenvalue weighted by molar-refractivity contribution is 8.05. The first-order valence-electron chi connectivity index (χ1n) is 7.65. The highest BCUT2D eigenvalue weighted by atomic mass is 32.2. The molecule has 3 heteroatoms. The van der Waals surface area contributed by atoms with Crippen molar-refractivity contribution >= 4 is 34.7 Å². The monoisotopic (exact) mass is 342 g/mol. The van der Waals surface area contributed by atoms with Gasteiger partial charge in [0.05, 0.1) is 0 Å². The molecule has 118 valence electrons. The second-order valence-electron chi connectivity index (χ2n) is 5.58. The van der Waals surface area contributed by atoms with Gasteiger partial charge in [-0.3, -0.25) is 0 Å². The molecule has 0 atom stereocenters. The highest BCUT2D eigenvalue weighted by Crippen LogP contribution is 2.38. The maximum Gasteiger partial charge on any atom is 0.123 e. The summed E-state index contributed by atoms with van der Waals surface area (Å²) in [6.45, 7) is 8.31. The molecule has 0 bridgehead atoms. The van der Waals surface area contributed by atoms with Gasteiger partial charge in [-0.1, -0.05) is 31.4 Å². The van der Waals surface area contributed by atoms with E-state index in [9.17, 15) is 4.39 Å². The van der Waals surface area contributed by atoms with E-state index >= 15 is 0 Å². The normalized spacial score (nSPS) is 13.4. The van der Waals surface area contributed by atoms with Crippen molar-refractivity contribution in [2.24, 2.45) is 0 Å². The molecule has 0 N–H and O–H groups in total. The number of hydrogen-bond donors (Lipinski definition) is 0. The summed E-state index contributed by atoms with van der Waals surface area (Å²) in [7, 11) is 0. The summed E-state index contributed by atoms with van der Waals surface area (Å²) in [4.78, 5) is 2.74. The molecule has 1 aliphatic heterocycles. The van der Waals surface area contributed by atoms with Crippen LogP contribution in [0.15, 0.2) is 65.4 Å². The van der Waals surface area contributed by atoms with E-state index in [0.29, 0.717) is 0 Å². The molecule has 0 radical (unpaired) electrons. The lowest BCUT2D eigenvalue weighted by atomic mass is 9.97. The summed E-state index contributed by atoms with van der Waals surface area (Å²) in [5.74, 6) is 2.14. The molecule has 2 aromatic rings. The quantitative estimate of drug-likeness (QED) is 0.606. The van der Waals surface area contributed by atoms with Gasteiger partial charge in [0.2, 0.25) is 0 Å². The SMILES string of the molecule is C=C(CCC(=C)c1ccc2c(c1)SCCS2)c1cccc(F)c1. The standard InChI is InChI=1S/C20H19FS2/c1-14(16-4-3-5-18(21)12-16)6-7-15(2)17-8-9-19-20(13-17)23-11-10-22-19/h3-5,8-9,12-13H,1-2,6-7,10-11H2. The van der Waals surface area contributed by atoms with Gasteiger partial charge in [0.1, 0.15) is 5.82 Å². The van der Waals surface area contributed by atoms with E-state index in [2.05, 4.69) is 31.4 Å². The van der Waals surface area contributed by atoms with Crippen LogP contribution < -0.4 is 0 Å². The summed E-state index contributed by atoms with van der Waals surface area (Å²) in [5.41, 5.74) is 4.14. The number of thioether (sulfide) groups is 2. The molecule has 23 heavy (non-hydrogen) atoms. The zero-order valence-corrected chi connectivity index (χ0v) is 14.6. The molecule has 3 rings (SSSR count). The lowest BCUT2D eigenvalue weighted by molar-refractivity contribution is 0.627. The van der Waals surface area contributed by atoms with E-state index in [4.69, 9.17) is 0 Å². The largest absolute Gasteiger partial charge is 0.207 e. The van der Waals surface area contributed by atoms with Crippen molar-refractivity contribution in [2.45, 2.75) is 22.6 Å². The fraction of sp³-hybridized carbons (Fsp3) is 0.200. The van der Waals surface area contributed by atoms with E-state index in [1.54, 1.807) is 6.07 Å². The van der Waals surface area contributed by atoms with Gasteiger partial charge in [-0.25, -0.2) is 4.39 Å². The van der Waals surface area contributed by atoms with Crippen LogP contribution >= 0.6 is 23.5 Å². The Morgan fingerprint density at radius 2 is 1.52 bits per heavy atom. The minimum Gasteiger partial charge on any atom is -0.207 e. The third-order valence-corrected chi connectivity index (χ3v) is 6.43. The van der Waals surface area contributed by atoms with Crippen LogP contribution in [0, 0.1) is 5.82 Å². The van der Waals surface area contributed by atoms with Gasteiger partial charge in [0, 0.05) is 21.3 Å². The molecule has 0 nitrogen and oxygen atoms in total. The highest BCUT2D eigenvalue weighted by Gasteiger charge is 2.12. The summed E-state index contributed by atoms with van der Waals surface area (Å²) >= 11 is 3.85. The van der Waals surface area contributed by atoms with E-state index in [-0.39, 0.29) is 5.82 Å². The Bertz CT molecular complexity index is 749. The van der Waals surface area contributed by atoms with Crippen LogP contribution in [-0.4, -0.2) is 11.5 Å². The second-order valence-corrected chi connectivity index (χ2v) is 7.85. The number of hydrogen-bond acceptors (Lipinski definition) is 2. The fourth-order valence-electron chi connectivity index (χ4n) is 2.56. The maximum absolute atomic E-state index is 13.3. The van der Waals surface area contributed by atoms with Crippen molar-refractivity contribution in [2.75, 3.05) is 11.5 Å². The Morgan fingerprint density at radius 1 is 0.870 bits per heavy atom. The summed E-state index contributed by atoms with van der Waals surface area (Å²) in [6.07, 6.45) is 1.63. The topological polar surface area (TPSA) is 0 Å². The zero-order chi connectivity index (χ0) is 16.2. The van der Waals surface area contributed by atoms with E-state index in [0.717, 1.165) is 29.6 Å². The lowest BCUT2D eigenvalue weighted by Gasteiger charge is -2.16. The van der Waals surface area contributed by atoms with Gasteiger partial charge in [-0.05, 0) is 59.4 Å². The molecular formula is C20H19FS2. The van der Waals surface area contributed by atoms with E-state index in [1.807, 2.05) is 29.6 Å². The molecule has 0 amide bonds. The average molecular weight is 343 g/mol. The third kappa shape index (κ3) is 4.10. The molecular weight excluding hydrogens is 323 g/mol. The molecule has 0 unspecified atom stereocenters. The van der Waals surface area contributed by atoms with Crippen LogP contribution in [0.1, 0.15) is 24.0 Å². The molecule has 0 aromatic heterocycles. The van der Waals surface area contributed by atoms with Crippen LogP contribution in [0.5, 0.6) is 0 Å². The number of halogens is 1. The number of allylic oxidation sites excluding steroid dienone is 2. The van der Waals surface area contributed by atoms with Crippen molar-refractivity contribution in [3.8, 4) is 0 Å². The summed E-state index contributed by atoms with van der Waals surface area (Å²) in [5, 5.41) is 0. The maximum atomic E-state index is 13.3. The van der Waals surface area contributed by atoms with E-state index in [1.165, 1.54) is 39.0 Å². The van der Waals surface area contributed by atoms with E-state index < -0.39 is 0 Å².